The van der Waals surface area contributed by atoms with E-state index in [1.165, 1.54) is 6.07 Å². The lowest BCUT2D eigenvalue weighted by Gasteiger charge is -2.08. The minimum atomic E-state index is -0.606. The van der Waals surface area contributed by atoms with Crippen molar-refractivity contribution in [1.29, 1.82) is 0 Å². The Labute approximate surface area is 108 Å². The van der Waals surface area contributed by atoms with Crippen LogP contribution >= 0.6 is 0 Å². The van der Waals surface area contributed by atoms with Crippen molar-refractivity contribution in [3.05, 3.63) is 35.1 Å². The Morgan fingerprint density at radius 1 is 1.44 bits per heavy atom. The zero-order valence-electron chi connectivity index (χ0n) is 11.0. The standard InChI is InChI=1S/C14H21FN2O/c1-10(2)4-3-7-17-9-12-6-5-11(14(16)18)8-13(12)15/h5-6,8,10,17H,3-4,7,9H2,1-2H3,(H2,16,18). The number of carbonyl (C=O) groups excluding carboxylic acids is 1. The van der Waals surface area contributed by atoms with Gasteiger partial charge in [0.05, 0.1) is 0 Å². The fourth-order valence-electron chi connectivity index (χ4n) is 1.70. The van der Waals surface area contributed by atoms with Gasteiger partial charge in [0.2, 0.25) is 5.91 Å². The number of nitrogens with two attached hydrogens (primary N) is 1. The monoisotopic (exact) mass is 252 g/mol. The Bertz CT molecular complexity index is 405. The summed E-state index contributed by atoms with van der Waals surface area (Å²) in [5.74, 6) is -0.300. The molecule has 0 radical (unpaired) electrons. The van der Waals surface area contributed by atoms with Gasteiger partial charge < -0.3 is 11.1 Å². The molecule has 1 aromatic carbocycles. The van der Waals surface area contributed by atoms with Crippen molar-refractivity contribution in [2.75, 3.05) is 6.54 Å². The van der Waals surface area contributed by atoms with E-state index < -0.39 is 5.91 Å². The molecule has 3 nitrogen and oxygen atoms in total. The average Bonchev–Trinajstić information content (AvgIpc) is 2.29. The number of benzene rings is 1. The summed E-state index contributed by atoms with van der Waals surface area (Å²) < 4.78 is 13.6. The van der Waals surface area contributed by atoms with Gasteiger partial charge in [0, 0.05) is 17.7 Å². The minimum Gasteiger partial charge on any atom is -0.366 e. The quantitative estimate of drug-likeness (QED) is 0.732. The molecule has 3 N–H and O–H groups in total. The van der Waals surface area contributed by atoms with Crippen molar-refractivity contribution in [2.24, 2.45) is 11.7 Å². The van der Waals surface area contributed by atoms with Crippen LogP contribution in [0.3, 0.4) is 0 Å². The normalized spacial score (nSPS) is 10.9. The number of nitrogens with one attached hydrogen (secondary N) is 1. The van der Waals surface area contributed by atoms with Gasteiger partial charge in [-0.3, -0.25) is 4.79 Å². The molecule has 0 atom stereocenters. The molecule has 0 aromatic heterocycles. The maximum absolute atomic E-state index is 13.6. The van der Waals surface area contributed by atoms with Crippen LogP contribution < -0.4 is 11.1 Å². The molecule has 4 heteroatoms. The van der Waals surface area contributed by atoms with Gasteiger partial charge in [0.15, 0.2) is 0 Å². The highest BCUT2D eigenvalue weighted by Gasteiger charge is 2.06. The zero-order chi connectivity index (χ0) is 13.5. The molecule has 0 spiro atoms. The summed E-state index contributed by atoms with van der Waals surface area (Å²) >= 11 is 0. The van der Waals surface area contributed by atoms with Crippen LogP contribution in [0.25, 0.3) is 0 Å². The molecule has 0 aliphatic carbocycles. The van der Waals surface area contributed by atoms with Gasteiger partial charge in [0.25, 0.3) is 0 Å². The first-order valence-electron chi connectivity index (χ1n) is 6.29. The van der Waals surface area contributed by atoms with Crippen molar-refractivity contribution in [3.8, 4) is 0 Å². The Morgan fingerprint density at radius 3 is 2.72 bits per heavy atom. The van der Waals surface area contributed by atoms with Crippen LogP contribution in [0.4, 0.5) is 4.39 Å². The lowest BCUT2D eigenvalue weighted by atomic mass is 10.1. The first-order valence-corrected chi connectivity index (χ1v) is 6.29. The molecule has 0 saturated heterocycles. The molecule has 0 aliphatic rings. The highest BCUT2D eigenvalue weighted by Crippen LogP contribution is 2.10. The van der Waals surface area contributed by atoms with Crippen molar-refractivity contribution in [1.82, 2.24) is 5.32 Å². The number of hydrogen-bond acceptors (Lipinski definition) is 2. The molecule has 0 fully saturated rings. The molecule has 100 valence electrons. The number of primary amides is 1. The fourth-order valence-corrected chi connectivity index (χ4v) is 1.70. The third kappa shape index (κ3) is 4.84. The predicted octanol–water partition coefficient (Wildman–Crippen LogP) is 2.45. The molecule has 0 unspecified atom stereocenters. The highest BCUT2D eigenvalue weighted by molar-refractivity contribution is 5.92. The van der Waals surface area contributed by atoms with Gasteiger partial charge in [0.1, 0.15) is 5.82 Å². The van der Waals surface area contributed by atoms with Crippen LogP contribution in [0, 0.1) is 11.7 Å². The average molecular weight is 252 g/mol. The summed E-state index contributed by atoms with van der Waals surface area (Å²) in [7, 11) is 0. The smallest absolute Gasteiger partial charge is 0.248 e. The summed E-state index contributed by atoms with van der Waals surface area (Å²) in [5, 5.41) is 3.19. The van der Waals surface area contributed by atoms with Crippen molar-refractivity contribution in [2.45, 2.75) is 33.2 Å². The van der Waals surface area contributed by atoms with Gasteiger partial charge in [-0.1, -0.05) is 19.9 Å². The second kappa shape index (κ2) is 7.11. The number of rotatable bonds is 7. The van der Waals surface area contributed by atoms with E-state index in [-0.39, 0.29) is 11.4 Å². The van der Waals surface area contributed by atoms with E-state index in [2.05, 4.69) is 19.2 Å². The Kier molecular flexibility index (Phi) is 5.78. The number of hydrogen-bond donors (Lipinski definition) is 2. The van der Waals surface area contributed by atoms with E-state index in [0.29, 0.717) is 18.0 Å². The Hall–Kier alpha value is -1.42. The Balaban J connectivity index is 2.41. The SMILES string of the molecule is CC(C)CCCNCc1ccc(C(N)=O)cc1F. The molecule has 0 aliphatic heterocycles. The summed E-state index contributed by atoms with van der Waals surface area (Å²) in [6.07, 6.45) is 2.24. The van der Waals surface area contributed by atoms with Crippen LogP contribution in [0.5, 0.6) is 0 Å². The van der Waals surface area contributed by atoms with Gasteiger partial charge >= 0.3 is 0 Å². The first-order chi connectivity index (χ1) is 8.50. The molecule has 1 amide bonds. The molecule has 0 bridgehead atoms. The maximum Gasteiger partial charge on any atom is 0.248 e. The highest BCUT2D eigenvalue weighted by atomic mass is 19.1. The van der Waals surface area contributed by atoms with E-state index in [9.17, 15) is 9.18 Å². The van der Waals surface area contributed by atoms with Crippen LogP contribution in [0.1, 0.15) is 42.6 Å². The summed E-state index contributed by atoms with van der Waals surface area (Å²) in [5.41, 5.74) is 5.84. The fraction of sp³-hybridized carbons (Fsp3) is 0.500. The van der Waals surface area contributed by atoms with Crippen molar-refractivity contribution >= 4 is 5.91 Å². The van der Waals surface area contributed by atoms with E-state index in [0.717, 1.165) is 19.4 Å². The van der Waals surface area contributed by atoms with Gasteiger partial charge in [-0.2, -0.15) is 0 Å². The number of carbonyl (C=O) groups is 1. The van der Waals surface area contributed by atoms with E-state index in [4.69, 9.17) is 5.73 Å². The van der Waals surface area contributed by atoms with Gasteiger partial charge in [-0.05, 0) is 37.4 Å². The second-order valence-corrected chi connectivity index (χ2v) is 4.88. The van der Waals surface area contributed by atoms with Crippen molar-refractivity contribution < 1.29 is 9.18 Å². The largest absolute Gasteiger partial charge is 0.366 e. The van der Waals surface area contributed by atoms with Crippen LogP contribution in [-0.4, -0.2) is 12.5 Å². The van der Waals surface area contributed by atoms with Gasteiger partial charge in [-0.15, -0.1) is 0 Å². The molecule has 0 heterocycles. The Morgan fingerprint density at radius 2 is 2.17 bits per heavy atom. The zero-order valence-corrected chi connectivity index (χ0v) is 11.0. The molecule has 18 heavy (non-hydrogen) atoms. The number of amides is 1. The second-order valence-electron chi connectivity index (χ2n) is 4.88. The topological polar surface area (TPSA) is 55.1 Å². The van der Waals surface area contributed by atoms with Gasteiger partial charge in [-0.25, -0.2) is 4.39 Å². The first kappa shape index (κ1) is 14.6. The lowest BCUT2D eigenvalue weighted by molar-refractivity contribution is 0.1000. The molecular formula is C14H21FN2O. The third-order valence-electron chi connectivity index (χ3n) is 2.79. The third-order valence-corrected chi connectivity index (χ3v) is 2.79. The van der Waals surface area contributed by atoms with Crippen LogP contribution in [0.2, 0.25) is 0 Å². The molecule has 1 aromatic rings. The van der Waals surface area contributed by atoms with E-state index >= 15 is 0 Å². The summed E-state index contributed by atoms with van der Waals surface area (Å²) in [4.78, 5) is 10.9. The molecule has 0 saturated carbocycles. The summed E-state index contributed by atoms with van der Waals surface area (Å²) in [6.45, 7) is 5.71. The van der Waals surface area contributed by atoms with Crippen molar-refractivity contribution in [3.63, 3.8) is 0 Å². The number of halogens is 1. The molecular weight excluding hydrogens is 231 g/mol. The molecule has 1 rings (SSSR count). The maximum atomic E-state index is 13.6. The lowest BCUT2D eigenvalue weighted by Crippen LogP contribution is -2.17. The van der Waals surface area contributed by atoms with Crippen LogP contribution in [-0.2, 0) is 6.54 Å². The minimum absolute atomic E-state index is 0.205. The van der Waals surface area contributed by atoms with E-state index in [1.54, 1.807) is 12.1 Å². The van der Waals surface area contributed by atoms with E-state index in [1.807, 2.05) is 0 Å². The summed E-state index contributed by atoms with van der Waals surface area (Å²) in [6, 6.07) is 4.34. The van der Waals surface area contributed by atoms with Crippen LogP contribution in [0.15, 0.2) is 18.2 Å². The predicted molar refractivity (Wildman–Crippen MR) is 70.7 cm³/mol.